The van der Waals surface area contributed by atoms with E-state index in [4.69, 9.17) is 10.00 Å². The molecule has 0 bridgehead atoms. The number of rotatable bonds is 5. The van der Waals surface area contributed by atoms with Crippen LogP contribution in [0, 0.1) is 18.3 Å². The number of hydrogen-bond donors (Lipinski definition) is 0. The molecule has 0 unspecified atom stereocenters. The second-order valence-electron chi connectivity index (χ2n) is 4.64. The molecule has 0 aliphatic heterocycles. The highest BCUT2D eigenvalue weighted by Crippen LogP contribution is 2.29. The van der Waals surface area contributed by atoms with Crippen LogP contribution in [0.15, 0.2) is 36.4 Å². The normalized spacial score (nSPS) is 10.1. The third kappa shape index (κ3) is 3.16. The molecule has 0 N–H and O–H groups in total. The lowest BCUT2D eigenvalue weighted by molar-refractivity contribution is 0.310. The quantitative estimate of drug-likeness (QED) is 0.765. The molecule has 2 rings (SSSR count). The second-order valence-corrected chi connectivity index (χ2v) is 4.64. The van der Waals surface area contributed by atoms with Gasteiger partial charge in [0.15, 0.2) is 0 Å². The summed E-state index contributed by atoms with van der Waals surface area (Å²) < 4.78 is 5.82. The van der Waals surface area contributed by atoms with Gasteiger partial charge in [-0.3, -0.25) is 4.98 Å². The number of nitrogens with zero attached hydrogens (tertiary/aromatic N) is 2. The van der Waals surface area contributed by atoms with Gasteiger partial charge in [0.25, 0.3) is 0 Å². The van der Waals surface area contributed by atoms with E-state index in [1.54, 1.807) is 6.07 Å². The summed E-state index contributed by atoms with van der Waals surface area (Å²) in [5.41, 5.74) is 3.16. The lowest BCUT2D eigenvalue weighted by Gasteiger charge is -2.11. The first-order valence-electron chi connectivity index (χ1n) is 6.86. The Balaban J connectivity index is 2.32. The van der Waals surface area contributed by atoms with Crippen molar-refractivity contribution in [1.29, 1.82) is 5.26 Å². The van der Waals surface area contributed by atoms with E-state index in [0.717, 1.165) is 35.5 Å². The van der Waals surface area contributed by atoms with Gasteiger partial charge in [0.05, 0.1) is 23.6 Å². The highest BCUT2D eigenvalue weighted by molar-refractivity contribution is 5.67. The summed E-state index contributed by atoms with van der Waals surface area (Å²) in [6, 6.07) is 13.7. The molecule has 102 valence electrons. The molecule has 0 aliphatic rings. The first kappa shape index (κ1) is 14.1. The largest absolute Gasteiger partial charge is 0.493 e. The van der Waals surface area contributed by atoms with E-state index in [0.29, 0.717) is 12.2 Å². The standard InChI is InChI=1S/C17H18N2O/c1-3-4-11-20-17-8-6-5-7-15(17)16-10-9-14(12-18)13(2)19-16/h5-10H,3-4,11H2,1-2H3. The monoisotopic (exact) mass is 266 g/mol. The smallest absolute Gasteiger partial charge is 0.128 e. The van der Waals surface area contributed by atoms with Crippen LogP contribution in [0.5, 0.6) is 5.75 Å². The van der Waals surface area contributed by atoms with Gasteiger partial charge in [-0.15, -0.1) is 0 Å². The second kappa shape index (κ2) is 6.72. The number of pyridine rings is 1. The lowest BCUT2D eigenvalue weighted by atomic mass is 10.1. The van der Waals surface area contributed by atoms with Gasteiger partial charge in [-0.2, -0.15) is 5.26 Å². The van der Waals surface area contributed by atoms with Gasteiger partial charge < -0.3 is 4.74 Å². The molecule has 2 aromatic rings. The zero-order valence-corrected chi connectivity index (χ0v) is 11.9. The molecule has 0 radical (unpaired) electrons. The zero-order valence-electron chi connectivity index (χ0n) is 11.9. The average Bonchev–Trinajstić information content (AvgIpc) is 2.48. The maximum absolute atomic E-state index is 8.96. The summed E-state index contributed by atoms with van der Waals surface area (Å²) in [5.74, 6) is 0.845. The molecule has 0 saturated carbocycles. The van der Waals surface area contributed by atoms with Gasteiger partial charge >= 0.3 is 0 Å². The van der Waals surface area contributed by atoms with Crippen molar-refractivity contribution in [3.8, 4) is 23.1 Å². The van der Waals surface area contributed by atoms with Gasteiger partial charge in [-0.05, 0) is 37.6 Å². The van der Waals surface area contributed by atoms with Crippen LogP contribution in [-0.2, 0) is 0 Å². The Labute approximate surface area is 119 Å². The lowest BCUT2D eigenvalue weighted by Crippen LogP contribution is -1.99. The Morgan fingerprint density at radius 1 is 1.20 bits per heavy atom. The number of aromatic nitrogens is 1. The summed E-state index contributed by atoms with van der Waals surface area (Å²) >= 11 is 0. The predicted molar refractivity (Wildman–Crippen MR) is 79.5 cm³/mol. The van der Waals surface area contributed by atoms with Gasteiger partial charge in [-0.1, -0.05) is 25.5 Å². The van der Waals surface area contributed by atoms with Crippen LogP contribution in [0.2, 0.25) is 0 Å². The first-order valence-corrected chi connectivity index (χ1v) is 6.86. The van der Waals surface area contributed by atoms with E-state index >= 15 is 0 Å². The van der Waals surface area contributed by atoms with Gasteiger partial charge in [0.2, 0.25) is 0 Å². The van der Waals surface area contributed by atoms with Crippen LogP contribution >= 0.6 is 0 Å². The maximum Gasteiger partial charge on any atom is 0.128 e. The topological polar surface area (TPSA) is 45.9 Å². The summed E-state index contributed by atoms with van der Waals surface area (Å²) in [7, 11) is 0. The minimum atomic E-state index is 0.609. The van der Waals surface area contributed by atoms with Crippen molar-refractivity contribution in [2.24, 2.45) is 0 Å². The fourth-order valence-electron chi connectivity index (χ4n) is 1.96. The molecule has 3 heteroatoms. The first-order chi connectivity index (χ1) is 9.76. The number of para-hydroxylation sites is 1. The third-order valence-electron chi connectivity index (χ3n) is 3.12. The number of hydrogen-bond acceptors (Lipinski definition) is 3. The van der Waals surface area contributed by atoms with Crippen LogP contribution in [0.3, 0.4) is 0 Å². The van der Waals surface area contributed by atoms with E-state index < -0.39 is 0 Å². The van der Waals surface area contributed by atoms with Gasteiger partial charge in [-0.25, -0.2) is 0 Å². The van der Waals surface area contributed by atoms with Crippen molar-refractivity contribution in [3.63, 3.8) is 0 Å². The van der Waals surface area contributed by atoms with E-state index in [-0.39, 0.29) is 0 Å². The van der Waals surface area contributed by atoms with Gasteiger partial charge in [0, 0.05) is 5.56 Å². The number of ether oxygens (including phenoxy) is 1. The van der Waals surface area contributed by atoms with E-state index in [9.17, 15) is 0 Å². The van der Waals surface area contributed by atoms with Crippen LogP contribution in [-0.4, -0.2) is 11.6 Å². The summed E-state index contributed by atoms with van der Waals surface area (Å²) in [6.07, 6.45) is 2.14. The third-order valence-corrected chi connectivity index (χ3v) is 3.12. The van der Waals surface area contributed by atoms with Crippen LogP contribution in [0.1, 0.15) is 31.0 Å². The molecule has 1 aromatic carbocycles. The number of nitriles is 1. The Morgan fingerprint density at radius 3 is 2.70 bits per heavy atom. The molecule has 0 spiro atoms. The van der Waals surface area contributed by atoms with Crippen molar-refractivity contribution in [1.82, 2.24) is 4.98 Å². The van der Waals surface area contributed by atoms with Crippen LogP contribution < -0.4 is 4.74 Å². The van der Waals surface area contributed by atoms with E-state index in [1.165, 1.54) is 0 Å². The predicted octanol–water partition coefficient (Wildman–Crippen LogP) is 4.11. The van der Waals surface area contributed by atoms with Crippen LogP contribution in [0.25, 0.3) is 11.3 Å². The zero-order chi connectivity index (χ0) is 14.4. The minimum absolute atomic E-state index is 0.609. The number of unbranched alkanes of at least 4 members (excludes halogenated alkanes) is 1. The molecule has 1 heterocycles. The molecule has 3 nitrogen and oxygen atoms in total. The van der Waals surface area contributed by atoms with Crippen molar-refractivity contribution in [2.75, 3.05) is 6.61 Å². The van der Waals surface area contributed by atoms with E-state index in [1.807, 2.05) is 37.3 Å². The average molecular weight is 266 g/mol. The van der Waals surface area contributed by atoms with Crippen molar-refractivity contribution in [3.05, 3.63) is 47.7 Å². The van der Waals surface area contributed by atoms with E-state index in [2.05, 4.69) is 18.0 Å². The Bertz CT molecular complexity index is 629. The molecule has 0 atom stereocenters. The van der Waals surface area contributed by atoms with Crippen molar-refractivity contribution >= 4 is 0 Å². The molecule has 0 aliphatic carbocycles. The summed E-state index contributed by atoms with van der Waals surface area (Å²) in [5, 5.41) is 8.96. The number of benzene rings is 1. The Kier molecular flexibility index (Phi) is 4.73. The Morgan fingerprint density at radius 2 is 2.00 bits per heavy atom. The summed E-state index contributed by atoms with van der Waals surface area (Å²) in [6.45, 7) is 4.70. The molecule has 1 aromatic heterocycles. The number of aryl methyl sites for hydroxylation is 1. The maximum atomic E-state index is 8.96. The molecular weight excluding hydrogens is 248 g/mol. The molecule has 0 amide bonds. The Hall–Kier alpha value is -2.34. The molecular formula is C17H18N2O. The van der Waals surface area contributed by atoms with Crippen molar-refractivity contribution < 1.29 is 4.74 Å². The molecule has 0 fully saturated rings. The highest BCUT2D eigenvalue weighted by Gasteiger charge is 2.08. The van der Waals surface area contributed by atoms with Gasteiger partial charge in [0.1, 0.15) is 11.8 Å². The molecule has 0 saturated heterocycles. The highest BCUT2D eigenvalue weighted by atomic mass is 16.5. The van der Waals surface area contributed by atoms with Crippen molar-refractivity contribution in [2.45, 2.75) is 26.7 Å². The summed E-state index contributed by atoms with van der Waals surface area (Å²) in [4.78, 5) is 4.50. The SMILES string of the molecule is CCCCOc1ccccc1-c1ccc(C#N)c(C)n1. The fraction of sp³-hybridized carbons (Fsp3) is 0.294. The molecule has 20 heavy (non-hydrogen) atoms. The minimum Gasteiger partial charge on any atom is -0.493 e. The fourth-order valence-corrected chi connectivity index (χ4v) is 1.96. The van der Waals surface area contributed by atoms with Crippen LogP contribution in [0.4, 0.5) is 0 Å².